The molecule has 25 aromatic rings. The van der Waals surface area contributed by atoms with Crippen LogP contribution in [0.2, 0.25) is 10.0 Å². The van der Waals surface area contributed by atoms with E-state index in [1.165, 1.54) is 112 Å². The first-order valence-corrected chi connectivity index (χ1v) is 48.8. The molecule has 4 nitrogen and oxygen atoms in total. The van der Waals surface area contributed by atoms with Crippen molar-refractivity contribution in [1.29, 1.82) is 0 Å². The lowest BCUT2D eigenvalue weighted by Crippen LogP contribution is -2.28. The summed E-state index contributed by atoms with van der Waals surface area (Å²) in [6.07, 6.45) is 0. The van der Waals surface area contributed by atoms with Crippen LogP contribution in [0.25, 0.3) is 162 Å². The normalized spacial score (nSPS) is 12.9. The maximum Gasteiger partial charge on any atom is 0.0714 e. The van der Waals surface area contributed by atoms with E-state index >= 15 is 0 Å². The minimum atomic E-state index is -0.766. The summed E-state index contributed by atoms with van der Waals surface area (Å²) in [6.45, 7) is 0. The zero-order valence-electron chi connectivity index (χ0n) is 73.5. The number of anilines is 6. The average molecular weight is 1810 g/mol. The number of benzene rings is 21. The summed E-state index contributed by atoms with van der Waals surface area (Å²) < 4.78 is 9.84. The van der Waals surface area contributed by atoms with Crippen molar-refractivity contribution in [3.8, 4) is 78.1 Å². The lowest BCUT2D eigenvalue weighted by molar-refractivity contribution is 0.768. The highest BCUT2D eigenvalue weighted by atomic mass is 35.5. The first kappa shape index (κ1) is 79.6. The molecular weight excluding hydrogens is 1730 g/mol. The molecule has 4 aromatic heterocycles. The number of hydrogen-bond donors (Lipinski definition) is 0. The monoisotopic (exact) mass is 1810 g/mol. The molecule has 0 saturated heterocycles. The van der Waals surface area contributed by atoms with Crippen molar-refractivity contribution in [2.45, 2.75) is 10.8 Å². The van der Waals surface area contributed by atoms with E-state index in [4.69, 9.17) is 23.2 Å². The molecule has 2 aliphatic rings. The minimum absolute atomic E-state index is 0.608. The summed E-state index contributed by atoms with van der Waals surface area (Å²) in [4.78, 5) is 4.86. The van der Waals surface area contributed by atoms with Gasteiger partial charge in [0.05, 0.1) is 38.6 Å². The predicted molar refractivity (Wildman–Crippen MR) is 577 cm³/mol. The first-order chi connectivity index (χ1) is 67.3. The van der Waals surface area contributed by atoms with Crippen molar-refractivity contribution in [2.75, 3.05) is 9.80 Å². The van der Waals surface area contributed by atoms with Crippen molar-refractivity contribution in [3.63, 3.8) is 0 Å². The summed E-state index contributed by atoms with van der Waals surface area (Å²) in [5.41, 5.74) is 34.6. The molecule has 638 valence electrons. The summed E-state index contributed by atoms with van der Waals surface area (Å²) in [5.74, 6) is 0. The van der Waals surface area contributed by atoms with Crippen molar-refractivity contribution >= 4 is 164 Å². The molecule has 0 spiro atoms. The number of para-hydroxylation sites is 4. The Hall–Kier alpha value is -16.2. The van der Waals surface area contributed by atoms with Gasteiger partial charge in [0.2, 0.25) is 0 Å². The van der Waals surface area contributed by atoms with Gasteiger partial charge in [0.15, 0.2) is 0 Å². The highest BCUT2D eigenvalue weighted by Crippen LogP contribution is 2.63. The Balaban J connectivity index is 0.641. The zero-order chi connectivity index (χ0) is 89.9. The Labute approximate surface area is 805 Å². The Bertz CT molecular complexity index is 9030. The largest absolute Gasteiger partial charge is 0.310 e. The third-order valence-corrected chi connectivity index (χ3v) is 31.5. The average Bonchev–Trinajstić information content (AvgIpc) is 1.82. The molecule has 2 aliphatic carbocycles. The van der Waals surface area contributed by atoms with Gasteiger partial charge in [0.25, 0.3) is 0 Å². The quantitative estimate of drug-likeness (QED) is 0.0959. The SMILES string of the molecule is Clc1cc(-c2cc3c4ccccc4n(-c4ccccc4)c3c3c2sc2ccccc23)cc(N(c2ccc(-c3ccccc3)cc2)c2ccc3c(c2)-c2ccc(-c4ccc5c6cc(-c7cc(Cl)cc(N(c8ccccc8)c8cccc9c8-c8ccccc8C9(c8ccccc8)c8ccccc8)c7)c7sc8ccccc8c7c6n(-c6ccccc6)c5c4)cc2C3(c2ccccc2)c2ccccc2)c1. The number of aromatic nitrogens is 2. The second kappa shape index (κ2) is 31.8. The fourth-order valence-electron chi connectivity index (χ4n) is 23.1. The molecule has 0 N–H and O–H groups in total. The van der Waals surface area contributed by atoms with Crippen molar-refractivity contribution in [2.24, 2.45) is 0 Å². The van der Waals surface area contributed by atoms with Crippen LogP contribution in [0.3, 0.4) is 0 Å². The van der Waals surface area contributed by atoms with Crippen LogP contribution in [0.15, 0.2) is 485 Å². The molecule has 136 heavy (non-hydrogen) atoms. The van der Waals surface area contributed by atoms with Crippen LogP contribution in [-0.2, 0) is 10.8 Å². The highest BCUT2D eigenvalue weighted by molar-refractivity contribution is 7.27. The van der Waals surface area contributed by atoms with Gasteiger partial charge < -0.3 is 18.9 Å². The number of nitrogens with zero attached hydrogens (tertiary/aromatic N) is 4. The molecule has 4 heterocycles. The molecule has 0 unspecified atom stereocenters. The van der Waals surface area contributed by atoms with Crippen LogP contribution >= 0.6 is 45.9 Å². The number of halogens is 2. The molecule has 0 radical (unpaired) electrons. The highest BCUT2D eigenvalue weighted by Gasteiger charge is 2.49. The van der Waals surface area contributed by atoms with Crippen LogP contribution in [0.5, 0.6) is 0 Å². The Morgan fingerprint density at radius 2 is 0.640 bits per heavy atom. The number of hydrogen-bond acceptors (Lipinski definition) is 4. The molecule has 27 rings (SSSR count). The van der Waals surface area contributed by atoms with Crippen molar-refractivity contribution in [1.82, 2.24) is 9.13 Å². The number of rotatable bonds is 16. The van der Waals surface area contributed by atoms with E-state index in [0.29, 0.717) is 10.0 Å². The van der Waals surface area contributed by atoms with Gasteiger partial charge in [-0.3, -0.25) is 0 Å². The van der Waals surface area contributed by atoms with E-state index in [9.17, 15) is 0 Å². The number of fused-ring (bicyclic) bond motifs is 20. The summed E-state index contributed by atoms with van der Waals surface area (Å²) >= 11 is 19.3. The summed E-state index contributed by atoms with van der Waals surface area (Å²) in [6, 6.07) is 180. The molecule has 0 fully saturated rings. The summed E-state index contributed by atoms with van der Waals surface area (Å²) in [7, 11) is 0. The molecule has 21 aromatic carbocycles. The molecule has 0 saturated carbocycles. The van der Waals surface area contributed by atoms with E-state index in [2.05, 4.69) is 504 Å². The first-order valence-electron chi connectivity index (χ1n) is 46.4. The Morgan fingerprint density at radius 3 is 1.21 bits per heavy atom. The molecular formula is C128H80Cl2N4S2. The van der Waals surface area contributed by atoms with Gasteiger partial charge in [-0.25, -0.2) is 0 Å². The van der Waals surface area contributed by atoms with Crippen molar-refractivity contribution in [3.05, 3.63) is 540 Å². The maximum atomic E-state index is 7.81. The molecule has 8 heteroatoms. The van der Waals surface area contributed by atoms with E-state index in [1.54, 1.807) is 0 Å². The molecule has 0 amide bonds. The van der Waals surface area contributed by atoms with E-state index in [0.717, 1.165) is 128 Å². The summed E-state index contributed by atoms with van der Waals surface area (Å²) in [5, 5.41) is 10.8. The third kappa shape index (κ3) is 12.2. The van der Waals surface area contributed by atoms with Crippen molar-refractivity contribution < 1.29 is 0 Å². The van der Waals surface area contributed by atoms with Gasteiger partial charge >= 0.3 is 0 Å². The zero-order valence-corrected chi connectivity index (χ0v) is 76.7. The Morgan fingerprint density at radius 1 is 0.221 bits per heavy atom. The van der Waals surface area contributed by atoms with Crippen LogP contribution < -0.4 is 9.80 Å². The van der Waals surface area contributed by atoms with Crippen LogP contribution in [0.4, 0.5) is 34.1 Å². The van der Waals surface area contributed by atoms with Crippen LogP contribution in [0.1, 0.15) is 44.5 Å². The maximum absolute atomic E-state index is 7.81. The van der Waals surface area contributed by atoms with Crippen LogP contribution in [-0.4, -0.2) is 9.13 Å². The topological polar surface area (TPSA) is 16.3 Å². The standard InChI is InChI=1S/C128H80Cl2N4S2/c129-91-70-85(106-79-109-101-50-26-30-56-115(101)133(94-46-21-7-22-47-94)123(109)121-104-52-27-31-58-118(104)135-125(106)121)72-98(76-91)131(96-64-60-82(61-65-96)81-34-9-1-10-35-81)97-66-69-112-108(78-97)100-67-62-83(74-114(100)128(112,89-40-15-4-16-41-89)90-42-17-5-18-43-90)84-63-68-102-110-80-107(126-122(105-53-28-32-59-119(105)136-126)124(110)134(117(102)75-84)95-48-23-8-24-49-95)86-71-92(130)77-99(73-86)132(93-44-19-6-20-45-93)116-57-33-55-113-120(116)103-51-25-29-54-111(103)127(113,87-36-11-2-12-37-87)88-38-13-3-14-39-88/h1-80H. The fourth-order valence-corrected chi connectivity index (χ4v) is 26.0. The van der Waals surface area contributed by atoms with Gasteiger partial charge in [0.1, 0.15) is 0 Å². The third-order valence-electron chi connectivity index (χ3n) is 28.7. The lowest BCUT2D eigenvalue weighted by atomic mass is 9.67. The van der Waals surface area contributed by atoms with Gasteiger partial charge in [-0.1, -0.05) is 363 Å². The Kier molecular flexibility index (Phi) is 18.6. The fraction of sp³-hybridized carbons (Fsp3) is 0.0156. The van der Waals surface area contributed by atoms with E-state index < -0.39 is 10.8 Å². The number of thiophene rings is 2. The van der Waals surface area contributed by atoms with E-state index in [-0.39, 0.29) is 0 Å². The van der Waals surface area contributed by atoms with Gasteiger partial charge in [0, 0.05) is 128 Å². The van der Waals surface area contributed by atoms with Gasteiger partial charge in [-0.2, -0.15) is 0 Å². The van der Waals surface area contributed by atoms with Crippen LogP contribution in [0, 0.1) is 0 Å². The predicted octanol–water partition coefficient (Wildman–Crippen LogP) is 36.3. The molecule has 0 bridgehead atoms. The minimum Gasteiger partial charge on any atom is -0.310 e. The van der Waals surface area contributed by atoms with Gasteiger partial charge in [-0.05, 0) is 240 Å². The second-order valence-electron chi connectivity index (χ2n) is 35.9. The second-order valence-corrected chi connectivity index (χ2v) is 38.8. The smallest absolute Gasteiger partial charge is 0.0714 e. The lowest BCUT2D eigenvalue weighted by Gasteiger charge is -2.34. The van der Waals surface area contributed by atoms with E-state index in [1.807, 2.05) is 22.7 Å². The molecule has 0 atom stereocenters. The molecule has 0 aliphatic heterocycles. The van der Waals surface area contributed by atoms with Gasteiger partial charge in [-0.15, -0.1) is 22.7 Å².